The second-order valence-electron chi connectivity index (χ2n) is 7.41. The van der Waals surface area contributed by atoms with Crippen LogP contribution in [0.25, 0.3) is 0 Å². The lowest BCUT2D eigenvalue weighted by atomic mass is 10.2. The predicted molar refractivity (Wildman–Crippen MR) is 113 cm³/mol. The van der Waals surface area contributed by atoms with Crippen molar-refractivity contribution in [2.45, 2.75) is 25.4 Å². The highest BCUT2D eigenvalue weighted by Crippen LogP contribution is 2.28. The van der Waals surface area contributed by atoms with E-state index in [0.29, 0.717) is 43.6 Å². The fraction of sp³-hybridized carbons (Fsp3) is 0.409. The minimum absolute atomic E-state index is 0.00472. The molecule has 1 atom stereocenters. The van der Waals surface area contributed by atoms with E-state index < -0.39 is 0 Å². The molecular weight excluding hydrogens is 406 g/mol. The van der Waals surface area contributed by atoms with Crippen molar-refractivity contribution in [3.8, 4) is 5.75 Å². The van der Waals surface area contributed by atoms with Gasteiger partial charge in [0.15, 0.2) is 0 Å². The van der Waals surface area contributed by atoms with E-state index >= 15 is 0 Å². The van der Waals surface area contributed by atoms with Crippen LogP contribution in [0.2, 0.25) is 5.02 Å². The third kappa shape index (κ3) is 4.91. The van der Waals surface area contributed by atoms with Crippen molar-refractivity contribution in [2.75, 3.05) is 37.7 Å². The Morgan fingerprint density at radius 2 is 2.00 bits per heavy atom. The third-order valence-corrected chi connectivity index (χ3v) is 5.55. The molecule has 3 heterocycles. The van der Waals surface area contributed by atoms with Crippen molar-refractivity contribution >= 4 is 29.1 Å². The number of amides is 2. The number of rotatable bonds is 6. The Kier molecular flexibility index (Phi) is 6.50. The maximum atomic E-state index is 12.7. The molecule has 0 saturated carbocycles. The first-order chi connectivity index (χ1) is 14.6. The summed E-state index contributed by atoms with van der Waals surface area (Å²) in [4.78, 5) is 32.8. The molecule has 1 aromatic heterocycles. The van der Waals surface area contributed by atoms with Gasteiger partial charge in [0.05, 0.1) is 24.4 Å². The van der Waals surface area contributed by atoms with Gasteiger partial charge in [-0.25, -0.2) is 0 Å². The van der Waals surface area contributed by atoms with Gasteiger partial charge < -0.3 is 19.3 Å². The van der Waals surface area contributed by atoms with Crippen LogP contribution >= 0.6 is 11.6 Å². The van der Waals surface area contributed by atoms with Gasteiger partial charge in [-0.15, -0.1) is 0 Å². The second-order valence-corrected chi connectivity index (χ2v) is 7.84. The summed E-state index contributed by atoms with van der Waals surface area (Å²) in [7, 11) is 0. The average molecular weight is 430 g/mol. The molecule has 1 saturated heterocycles. The van der Waals surface area contributed by atoms with Gasteiger partial charge in [0.1, 0.15) is 18.5 Å². The first-order valence-electron chi connectivity index (χ1n) is 10.1. The molecular formula is C22H24ClN3O4. The Labute approximate surface area is 180 Å². The summed E-state index contributed by atoms with van der Waals surface area (Å²) >= 11 is 5.91. The number of fused-ring (bicyclic) bond motifs is 1. The lowest BCUT2D eigenvalue weighted by molar-refractivity contribution is -0.141. The number of aromatic nitrogens is 1. The zero-order chi connectivity index (χ0) is 20.9. The fourth-order valence-corrected chi connectivity index (χ4v) is 3.98. The van der Waals surface area contributed by atoms with Crippen LogP contribution in [-0.4, -0.2) is 60.7 Å². The van der Waals surface area contributed by atoms with Gasteiger partial charge in [-0.1, -0.05) is 29.8 Å². The summed E-state index contributed by atoms with van der Waals surface area (Å²) in [6.07, 6.45) is 4.16. The van der Waals surface area contributed by atoms with E-state index in [1.54, 1.807) is 22.1 Å². The number of halogens is 1. The molecule has 2 aliphatic heterocycles. The molecule has 0 aliphatic carbocycles. The largest absolute Gasteiger partial charge is 0.489 e. The fourth-order valence-electron chi connectivity index (χ4n) is 3.81. The number of nitrogens with zero attached hydrogens (tertiary/aromatic N) is 3. The summed E-state index contributed by atoms with van der Waals surface area (Å²) in [5, 5.41) is 0.499. The Hall–Kier alpha value is -2.64. The topological polar surface area (TPSA) is 72.0 Å². The number of hydrogen-bond acceptors (Lipinski definition) is 5. The van der Waals surface area contributed by atoms with Gasteiger partial charge in [0.25, 0.3) is 0 Å². The minimum atomic E-state index is -0.233. The maximum absolute atomic E-state index is 12.7. The Morgan fingerprint density at radius 3 is 2.87 bits per heavy atom. The molecule has 1 unspecified atom stereocenters. The molecule has 158 valence electrons. The van der Waals surface area contributed by atoms with Crippen molar-refractivity contribution in [3.05, 3.63) is 53.3 Å². The normalized spacial score (nSPS) is 18.2. The van der Waals surface area contributed by atoms with Crippen molar-refractivity contribution in [3.63, 3.8) is 0 Å². The highest BCUT2D eigenvalue weighted by molar-refractivity contribution is 6.30. The second kappa shape index (κ2) is 9.45. The highest BCUT2D eigenvalue weighted by Gasteiger charge is 2.27. The predicted octanol–water partition coefficient (Wildman–Crippen LogP) is 2.71. The number of hydrogen-bond donors (Lipinski definition) is 0. The van der Waals surface area contributed by atoms with Gasteiger partial charge in [0, 0.05) is 43.9 Å². The Balaban J connectivity index is 1.25. The van der Waals surface area contributed by atoms with Crippen LogP contribution in [-0.2, 0) is 20.7 Å². The summed E-state index contributed by atoms with van der Waals surface area (Å²) in [6, 6.07) is 9.61. The molecule has 4 rings (SSSR count). The van der Waals surface area contributed by atoms with Crippen molar-refractivity contribution in [1.29, 1.82) is 0 Å². The standard InChI is InChI=1S/C22H24ClN3O4/c23-17-11-18(13-24-12-17)30-15-19-14-25(9-10-29-19)21(27)5-6-22(28)26-8-7-16-3-1-2-4-20(16)26/h1-4,11-13,19H,5-10,14-15H2. The Morgan fingerprint density at radius 1 is 1.17 bits per heavy atom. The number of carbonyl (C=O) groups excluding carboxylic acids is 2. The van der Waals surface area contributed by atoms with Gasteiger partial charge in [-0.2, -0.15) is 0 Å². The molecule has 8 heteroatoms. The molecule has 7 nitrogen and oxygen atoms in total. The quantitative estimate of drug-likeness (QED) is 0.706. The zero-order valence-electron chi connectivity index (χ0n) is 16.6. The molecule has 0 spiro atoms. The van der Waals surface area contributed by atoms with Gasteiger partial charge in [0.2, 0.25) is 11.8 Å². The van der Waals surface area contributed by atoms with Crippen LogP contribution in [0, 0.1) is 0 Å². The maximum Gasteiger partial charge on any atom is 0.227 e. The Bertz CT molecular complexity index is 923. The number of carbonyl (C=O) groups is 2. The number of anilines is 1. The van der Waals surface area contributed by atoms with Gasteiger partial charge >= 0.3 is 0 Å². The molecule has 0 N–H and O–H groups in total. The number of morpholine rings is 1. The van der Waals surface area contributed by atoms with Crippen molar-refractivity contribution < 1.29 is 19.1 Å². The van der Waals surface area contributed by atoms with Crippen molar-refractivity contribution in [1.82, 2.24) is 9.88 Å². The molecule has 30 heavy (non-hydrogen) atoms. The number of pyridine rings is 1. The van der Waals surface area contributed by atoms with E-state index in [2.05, 4.69) is 4.98 Å². The van der Waals surface area contributed by atoms with Gasteiger partial charge in [-0.05, 0) is 18.1 Å². The van der Waals surface area contributed by atoms with Crippen LogP contribution in [0.5, 0.6) is 5.75 Å². The van der Waals surface area contributed by atoms with E-state index in [4.69, 9.17) is 21.1 Å². The smallest absolute Gasteiger partial charge is 0.227 e. The minimum Gasteiger partial charge on any atom is -0.489 e. The molecule has 2 amide bonds. The summed E-state index contributed by atoms with van der Waals surface area (Å²) in [6.45, 7) is 2.39. The SMILES string of the molecule is O=C(CCC(=O)N1CCc2ccccc21)N1CCOC(COc2cncc(Cl)c2)C1. The monoisotopic (exact) mass is 429 g/mol. The summed E-state index contributed by atoms with van der Waals surface area (Å²) in [5.74, 6) is 0.523. The third-order valence-electron chi connectivity index (χ3n) is 5.35. The molecule has 1 fully saturated rings. The summed E-state index contributed by atoms with van der Waals surface area (Å²) < 4.78 is 11.4. The van der Waals surface area contributed by atoms with E-state index in [1.165, 1.54) is 11.8 Å². The van der Waals surface area contributed by atoms with E-state index in [-0.39, 0.29) is 30.8 Å². The van der Waals surface area contributed by atoms with Gasteiger partial charge in [-0.3, -0.25) is 14.6 Å². The van der Waals surface area contributed by atoms with Crippen LogP contribution in [0.3, 0.4) is 0 Å². The number of ether oxygens (including phenoxy) is 2. The van der Waals surface area contributed by atoms with Crippen LogP contribution < -0.4 is 9.64 Å². The van der Waals surface area contributed by atoms with E-state index in [0.717, 1.165) is 12.1 Å². The highest BCUT2D eigenvalue weighted by atomic mass is 35.5. The van der Waals surface area contributed by atoms with Crippen LogP contribution in [0.15, 0.2) is 42.7 Å². The van der Waals surface area contributed by atoms with E-state index in [9.17, 15) is 9.59 Å². The molecule has 0 radical (unpaired) electrons. The molecule has 1 aromatic carbocycles. The molecule has 0 bridgehead atoms. The molecule has 2 aliphatic rings. The van der Waals surface area contributed by atoms with Crippen molar-refractivity contribution in [2.24, 2.45) is 0 Å². The summed E-state index contributed by atoms with van der Waals surface area (Å²) in [5.41, 5.74) is 2.15. The number of para-hydroxylation sites is 1. The first kappa shape index (κ1) is 20.6. The average Bonchev–Trinajstić information content (AvgIpc) is 3.20. The number of benzene rings is 1. The first-order valence-corrected chi connectivity index (χ1v) is 10.5. The van der Waals surface area contributed by atoms with Crippen LogP contribution in [0.4, 0.5) is 5.69 Å². The molecule has 2 aromatic rings. The van der Waals surface area contributed by atoms with Crippen LogP contribution in [0.1, 0.15) is 18.4 Å². The lowest BCUT2D eigenvalue weighted by Crippen LogP contribution is -2.47. The zero-order valence-corrected chi connectivity index (χ0v) is 17.4. The van der Waals surface area contributed by atoms with E-state index in [1.807, 2.05) is 24.3 Å². The lowest BCUT2D eigenvalue weighted by Gasteiger charge is -2.33.